The van der Waals surface area contributed by atoms with Gasteiger partial charge in [0, 0.05) is 5.69 Å². The van der Waals surface area contributed by atoms with Gasteiger partial charge in [-0.3, -0.25) is 9.59 Å². The lowest BCUT2D eigenvalue weighted by Crippen LogP contribution is -2.29. The average Bonchev–Trinajstić information content (AvgIpc) is 3.24. The summed E-state index contributed by atoms with van der Waals surface area (Å²) in [6.07, 6.45) is 0. The molecule has 0 saturated carbocycles. The first kappa shape index (κ1) is 23.1. The van der Waals surface area contributed by atoms with Crippen molar-refractivity contribution >= 4 is 62.4 Å². The molecule has 33 heavy (non-hydrogen) atoms. The zero-order chi connectivity index (χ0) is 23.0. The Morgan fingerprint density at radius 3 is 2.64 bits per heavy atom. The third-order valence-electron chi connectivity index (χ3n) is 4.51. The maximum atomic E-state index is 12.5. The van der Waals surface area contributed by atoms with Gasteiger partial charge in [-0.2, -0.15) is 0 Å². The molecule has 0 radical (unpaired) electrons. The Kier molecular flexibility index (Phi) is 7.83. The zero-order valence-electron chi connectivity index (χ0n) is 17.4. The van der Waals surface area contributed by atoms with Crippen molar-refractivity contribution in [2.45, 2.75) is 4.34 Å². The Labute approximate surface area is 204 Å². The smallest absolute Gasteiger partial charge is 0.257 e. The highest BCUT2D eigenvalue weighted by molar-refractivity contribution is 8.01. The molecule has 4 rings (SSSR count). The van der Waals surface area contributed by atoms with Gasteiger partial charge in [0.1, 0.15) is 12.4 Å². The van der Waals surface area contributed by atoms with Gasteiger partial charge in [-0.1, -0.05) is 53.7 Å². The van der Waals surface area contributed by atoms with Crippen LogP contribution in [0.2, 0.25) is 5.02 Å². The number of amides is 2. The minimum absolute atomic E-state index is 0.0800. The normalized spacial score (nSPS) is 10.7. The van der Waals surface area contributed by atoms with Crippen molar-refractivity contribution in [3.05, 3.63) is 83.4 Å². The predicted molar refractivity (Wildman–Crippen MR) is 135 cm³/mol. The van der Waals surface area contributed by atoms with Gasteiger partial charge < -0.3 is 15.4 Å². The molecule has 0 aliphatic rings. The number of thioether (sulfide) groups is 1. The summed E-state index contributed by atoms with van der Waals surface area (Å²) in [5.41, 5.74) is 1.89. The maximum Gasteiger partial charge on any atom is 0.257 e. The van der Waals surface area contributed by atoms with Crippen LogP contribution < -0.4 is 15.4 Å². The van der Waals surface area contributed by atoms with E-state index in [-0.39, 0.29) is 17.6 Å². The van der Waals surface area contributed by atoms with E-state index in [1.165, 1.54) is 23.1 Å². The molecule has 2 amide bonds. The minimum atomic E-state index is -0.271. The Bertz CT molecular complexity index is 1260. The molecule has 0 bridgehead atoms. The minimum Gasteiger partial charge on any atom is -0.492 e. The van der Waals surface area contributed by atoms with Crippen LogP contribution in [0.25, 0.3) is 10.2 Å². The molecule has 0 saturated heterocycles. The van der Waals surface area contributed by atoms with E-state index in [4.69, 9.17) is 16.3 Å². The molecule has 0 aliphatic carbocycles. The first-order valence-electron chi connectivity index (χ1n) is 10.1. The number of carbonyl (C=O) groups excluding carboxylic acids is 2. The maximum absolute atomic E-state index is 12.5. The second-order valence-electron chi connectivity index (χ2n) is 6.90. The lowest BCUT2D eigenvalue weighted by atomic mass is 10.2. The fraction of sp³-hybridized carbons (Fsp3) is 0.125. The van der Waals surface area contributed by atoms with Gasteiger partial charge in [-0.25, -0.2) is 4.98 Å². The molecular weight excluding hydrogens is 478 g/mol. The summed E-state index contributed by atoms with van der Waals surface area (Å²) in [4.78, 5) is 29.1. The number of nitrogens with one attached hydrogen (secondary N) is 2. The van der Waals surface area contributed by atoms with Crippen LogP contribution in [0.4, 0.5) is 5.69 Å². The molecule has 3 aromatic carbocycles. The largest absolute Gasteiger partial charge is 0.492 e. The summed E-state index contributed by atoms with van der Waals surface area (Å²) in [5, 5.41) is 6.11. The number of anilines is 1. The summed E-state index contributed by atoms with van der Waals surface area (Å²) in [5.74, 6) is 0.690. The van der Waals surface area contributed by atoms with Gasteiger partial charge in [-0.05, 0) is 42.5 Å². The predicted octanol–water partition coefficient (Wildman–Crippen LogP) is 5.49. The van der Waals surface area contributed by atoms with E-state index in [0.717, 1.165) is 20.3 Å². The molecule has 2 N–H and O–H groups in total. The number of halogens is 1. The third-order valence-corrected chi connectivity index (χ3v) is 7.00. The number of carbonyl (C=O) groups is 2. The fourth-order valence-electron chi connectivity index (χ4n) is 2.94. The summed E-state index contributed by atoms with van der Waals surface area (Å²) in [6.45, 7) is 0.840. The van der Waals surface area contributed by atoms with Crippen LogP contribution >= 0.6 is 34.7 Å². The van der Waals surface area contributed by atoms with Crippen molar-refractivity contribution in [1.29, 1.82) is 0 Å². The number of benzene rings is 3. The second-order valence-corrected chi connectivity index (χ2v) is 9.56. The molecule has 1 aromatic heterocycles. The first-order chi connectivity index (χ1) is 16.1. The fourth-order valence-corrected chi connectivity index (χ4v) is 5.10. The molecule has 0 spiro atoms. The monoisotopic (exact) mass is 497 g/mol. The number of hydrogen-bond donors (Lipinski definition) is 2. The highest BCUT2D eigenvalue weighted by atomic mass is 35.5. The van der Waals surface area contributed by atoms with E-state index in [2.05, 4.69) is 15.6 Å². The topological polar surface area (TPSA) is 80.3 Å². The van der Waals surface area contributed by atoms with E-state index in [0.29, 0.717) is 29.4 Å². The van der Waals surface area contributed by atoms with Crippen LogP contribution in [0.3, 0.4) is 0 Å². The number of hydrogen-bond acceptors (Lipinski definition) is 6. The first-order valence-corrected chi connectivity index (χ1v) is 12.3. The van der Waals surface area contributed by atoms with E-state index in [1.54, 1.807) is 30.3 Å². The molecule has 9 heteroatoms. The van der Waals surface area contributed by atoms with Gasteiger partial charge in [0.25, 0.3) is 5.91 Å². The van der Waals surface area contributed by atoms with Crippen LogP contribution in [0, 0.1) is 0 Å². The van der Waals surface area contributed by atoms with Gasteiger partial charge >= 0.3 is 0 Å². The molecule has 168 valence electrons. The van der Waals surface area contributed by atoms with Crippen LogP contribution in [0.1, 0.15) is 10.4 Å². The van der Waals surface area contributed by atoms with Crippen molar-refractivity contribution in [3.8, 4) is 5.75 Å². The number of thiazole rings is 1. The number of para-hydroxylation sites is 1. The second kappa shape index (κ2) is 11.2. The number of nitrogens with zero attached hydrogens (tertiary/aromatic N) is 1. The zero-order valence-corrected chi connectivity index (χ0v) is 19.8. The van der Waals surface area contributed by atoms with Crippen LogP contribution in [0.5, 0.6) is 5.75 Å². The molecule has 0 atom stereocenters. The molecule has 0 aliphatic heterocycles. The van der Waals surface area contributed by atoms with Gasteiger partial charge in [0.05, 0.1) is 33.1 Å². The standard InChI is InChI=1S/C24H20ClN3O3S2/c25-19-9-5-4-8-18(19)23(30)27-16-10-11-20-21(14-16)33-24(28-20)32-15-22(29)26-12-13-31-17-6-2-1-3-7-17/h1-11,14H,12-13,15H2,(H,26,29)(H,27,30). The Hall–Kier alpha value is -3.07. The van der Waals surface area contributed by atoms with Crippen molar-refractivity contribution in [1.82, 2.24) is 10.3 Å². The van der Waals surface area contributed by atoms with E-state index < -0.39 is 0 Å². The number of ether oxygens (including phenoxy) is 1. The highest BCUT2D eigenvalue weighted by Crippen LogP contribution is 2.31. The van der Waals surface area contributed by atoms with Crippen molar-refractivity contribution in [2.24, 2.45) is 0 Å². The van der Waals surface area contributed by atoms with Gasteiger partial charge in [0.15, 0.2) is 4.34 Å². The van der Waals surface area contributed by atoms with Crippen LogP contribution in [0.15, 0.2) is 77.1 Å². The highest BCUT2D eigenvalue weighted by Gasteiger charge is 2.12. The van der Waals surface area contributed by atoms with Crippen LogP contribution in [-0.4, -0.2) is 35.7 Å². The number of aromatic nitrogens is 1. The lowest BCUT2D eigenvalue weighted by molar-refractivity contribution is -0.118. The molecular formula is C24H20ClN3O3S2. The summed E-state index contributed by atoms with van der Waals surface area (Å²) >= 11 is 8.95. The van der Waals surface area contributed by atoms with Gasteiger partial charge in [0.2, 0.25) is 5.91 Å². The molecule has 4 aromatic rings. The van der Waals surface area contributed by atoms with E-state index in [9.17, 15) is 9.59 Å². The average molecular weight is 498 g/mol. The summed E-state index contributed by atoms with van der Waals surface area (Å²) in [7, 11) is 0. The van der Waals surface area contributed by atoms with Gasteiger partial charge in [-0.15, -0.1) is 11.3 Å². The number of rotatable bonds is 9. The Morgan fingerprint density at radius 2 is 1.82 bits per heavy atom. The molecule has 0 unspecified atom stereocenters. The van der Waals surface area contributed by atoms with E-state index in [1.807, 2.05) is 42.5 Å². The summed E-state index contributed by atoms with van der Waals surface area (Å²) in [6, 6.07) is 21.9. The lowest BCUT2D eigenvalue weighted by Gasteiger charge is -2.07. The number of fused-ring (bicyclic) bond motifs is 1. The molecule has 0 fully saturated rings. The quantitative estimate of drug-likeness (QED) is 0.236. The molecule has 6 nitrogen and oxygen atoms in total. The summed E-state index contributed by atoms with van der Waals surface area (Å²) < 4.78 is 7.27. The third kappa shape index (κ3) is 6.47. The SMILES string of the molecule is O=C(CSc1nc2ccc(NC(=O)c3ccccc3Cl)cc2s1)NCCOc1ccccc1. The van der Waals surface area contributed by atoms with Crippen molar-refractivity contribution in [2.75, 3.05) is 24.2 Å². The molecule has 1 heterocycles. The Balaban J connectivity index is 1.27. The van der Waals surface area contributed by atoms with Crippen molar-refractivity contribution < 1.29 is 14.3 Å². The van der Waals surface area contributed by atoms with E-state index >= 15 is 0 Å². The van der Waals surface area contributed by atoms with Crippen LogP contribution in [-0.2, 0) is 4.79 Å². The Morgan fingerprint density at radius 1 is 1.03 bits per heavy atom. The van der Waals surface area contributed by atoms with Crippen molar-refractivity contribution in [3.63, 3.8) is 0 Å².